The number of imide groups is 1. The van der Waals surface area contributed by atoms with Crippen LogP contribution in [0.3, 0.4) is 0 Å². The van der Waals surface area contributed by atoms with Crippen LogP contribution in [0.25, 0.3) is 5.69 Å². The number of aryl methyl sites for hydroxylation is 2. The Hall–Kier alpha value is -2.35. The lowest BCUT2D eigenvalue weighted by Crippen LogP contribution is -2.43. The van der Waals surface area contributed by atoms with E-state index in [0.717, 1.165) is 29.9 Å². The highest BCUT2D eigenvalue weighted by molar-refractivity contribution is 8.00. The lowest BCUT2D eigenvalue weighted by atomic mass is 10.2. The van der Waals surface area contributed by atoms with Gasteiger partial charge in [-0.25, -0.2) is 4.79 Å². The van der Waals surface area contributed by atoms with Crippen LogP contribution < -0.4 is 10.6 Å². The van der Waals surface area contributed by atoms with Gasteiger partial charge in [-0.2, -0.15) is 0 Å². The average Bonchev–Trinajstić information content (AvgIpc) is 3.30. The highest BCUT2D eigenvalue weighted by Gasteiger charge is 2.26. The SMILES string of the molecule is Cc1ccccc1-n1c(C)nnc1S[C@H](C)C(=O)NC(=O)NC1CC1. The third kappa shape index (κ3) is 4.19. The highest BCUT2D eigenvalue weighted by atomic mass is 32.2. The van der Waals surface area contributed by atoms with Crippen molar-refractivity contribution in [3.63, 3.8) is 0 Å². The monoisotopic (exact) mass is 359 g/mol. The van der Waals surface area contributed by atoms with E-state index in [-0.39, 0.29) is 11.9 Å². The Morgan fingerprint density at radius 1 is 1.24 bits per heavy atom. The second kappa shape index (κ2) is 7.26. The molecule has 7 nitrogen and oxygen atoms in total. The summed E-state index contributed by atoms with van der Waals surface area (Å²) in [5.41, 5.74) is 2.07. The predicted molar refractivity (Wildman–Crippen MR) is 95.8 cm³/mol. The molecule has 8 heteroatoms. The number of thioether (sulfide) groups is 1. The molecule has 2 N–H and O–H groups in total. The molecule has 1 heterocycles. The van der Waals surface area contributed by atoms with Crippen molar-refractivity contribution >= 4 is 23.7 Å². The molecule has 0 aliphatic heterocycles. The molecule has 0 spiro atoms. The Bertz CT molecular complexity index is 800. The average molecular weight is 359 g/mol. The zero-order chi connectivity index (χ0) is 18.0. The molecular formula is C17H21N5O2S. The third-order valence-electron chi connectivity index (χ3n) is 3.95. The third-order valence-corrected chi connectivity index (χ3v) is 4.99. The molecule has 25 heavy (non-hydrogen) atoms. The van der Waals surface area contributed by atoms with Crippen LogP contribution in [0.5, 0.6) is 0 Å². The molecular weight excluding hydrogens is 338 g/mol. The quantitative estimate of drug-likeness (QED) is 0.800. The molecule has 132 valence electrons. The number of amides is 3. The number of carbonyl (C=O) groups is 2. The minimum absolute atomic E-state index is 0.211. The molecule has 0 unspecified atom stereocenters. The number of rotatable bonds is 5. The maximum Gasteiger partial charge on any atom is 0.321 e. The van der Waals surface area contributed by atoms with Gasteiger partial charge in [0.15, 0.2) is 5.16 Å². The fourth-order valence-electron chi connectivity index (χ4n) is 2.39. The van der Waals surface area contributed by atoms with E-state index in [1.165, 1.54) is 11.8 Å². The number of carbonyl (C=O) groups excluding carboxylic acids is 2. The van der Waals surface area contributed by atoms with Gasteiger partial charge in [-0.15, -0.1) is 10.2 Å². The summed E-state index contributed by atoms with van der Waals surface area (Å²) >= 11 is 1.28. The van der Waals surface area contributed by atoms with E-state index in [2.05, 4.69) is 20.8 Å². The molecule has 1 atom stereocenters. The minimum atomic E-state index is -0.476. The highest BCUT2D eigenvalue weighted by Crippen LogP contribution is 2.27. The molecule has 1 aromatic carbocycles. The summed E-state index contributed by atoms with van der Waals surface area (Å²) in [5.74, 6) is 0.399. The van der Waals surface area contributed by atoms with Crippen molar-refractivity contribution in [2.45, 2.75) is 50.1 Å². The first kappa shape index (κ1) is 17.5. The molecule has 3 amide bonds. The topological polar surface area (TPSA) is 88.9 Å². The molecule has 1 aliphatic carbocycles. The van der Waals surface area contributed by atoms with Crippen LogP contribution in [0.15, 0.2) is 29.4 Å². The first-order valence-corrected chi connectivity index (χ1v) is 9.09. The van der Waals surface area contributed by atoms with E-state index < -0.39 is 11.3 Å². The molecule has 0 saturated heterocycles. The van der Waals surface area contributed by atoms with Crippen LogP contribution in [-0.4, -0.2) is 38.0 Å². The van der Waals surface area contributed by atoms with Gasteiger partial charge in [-0.05, 0) is 45.2 Å². The molecule has 1 fully saturated rings. The van der Waals surface area contributed by atoms with Gasteiger partial charge in [0.25, 0.3) is 0 Å². The fraction of sp³-hybridized carbons (Fsp3) is 0.412. The standard InChI is InChI=1S/C17H21N5O2S/c1-10-6-4-5-7-14(10)22-12(3)20-21-17(22)25-11(2)15(23)19-16(24)18-13-8-9-13/h4-7,11,13H,8-9H2,1-3H3,(H2,18,19,23,24)/t11-/m1/s1. The van der Waals surface area contributed by atoms with Crippen molar-refractivity contribution in [2.75, 3.05) is 0 Å². The van der Waals surface area contributed by atoms with Crippen molar-refractivity contribution in [3.05, 3.63) is 35.7 Å². The number of nitrogens with zero attached hydrogens (tertiary/aromatic N) is 3. The van der Waals surface area contributed by atoms with Crippen LogP contribution in [0.1, 0.15) is 31.2 Å². The Morgan fingerprint density at radius 3 is 2.64 bits per heavy atom. The van der Waals surface area contributed by atoms with Crippen LogP contribution in [0, 0.1) is 13.8 Å². The molecule has 1 aliphatic rings. The van der Waals surface area contributed by atoms with Crippen LogP contribution in [0.4, 0.5) is 4.79 Å². The zero-order valence-corrected chi connectivity index (χ0v) is 15.3. The van der Waals surface area contributed by atoms with Crippen molar-refractivity contribution in [2.24, 2.45) is 0 Å². The van der Waals surface area contributed by atoms with E-state index in [4.69, 9.17) is 0 Å². The number of aromatic nitrogens is 3. The Morgan fingerprint density at radius 2 is 1.96 bits per heavy atom. The molecule has 3 rings (SSSR count). The maximum absolute atomic E-state index is 12.2. The largest absolute Gasteiger partial charge is 0.335 e. The van der Waals surface area contributed by atoms with Gasteiger partial charge in [-0.1, -0.05) is 30.0 Å². The zero-order valence-electron chi connectivity index (χ0n) is 14.4. The Kier molecular flexibility index (Phi) is 5.08. The number of nitrogens with one attached hydrogen (secondary N) is 2. The summed E-state index contributed by atoms with van der Waals surface area (Å²) in [6.45, 7) is 5.63. The van der Waals surface area contributed by atoms with Crippen LogP contribution in [-0.2, 0) is 4.79 Å². The molecule has 0 bridgehead atoms. The van der Waals surface area contributed by atoms with E-state index in [0.29, 0.717) is 5.16 Å². The Labute approximate surface area is 150 Å². The van der Waals surface area contributed by atoms with Gasteiger partial charge in [0.05, 0.1) is 10.9 Å². The van der Waals surface area contributed by atoms with Gasteiger partial charge < -0.3 is 5.32 Å². The predicted octanol–water partition coefficient (Wildman–Crippen LogP) is 2.35. The van der Waals surface area contributed by atoms with Crippen molar-refractivity contribution in [3.8, 4) is 5.69 Å². The van der Waals surface area contributed by atoms with E-state index in [9.17, 15) is 9.59 Å². The number of urea groups is 1. The number of hydrogen-bond donors (Lipinski definition) is 2. The molecule has 1 saturated carbocycles. The second-order valence-corrected chi connectivity index (χ2v) is 7.46. The van der Waals surface area contributed by atoms with E-state index in [1.807, 2.05) is 42.7 Å². The molecule has 1 aromatic heterocycles. The van der Waals surface area contributed by atoms with E-state index in [1.54, 1.807) is 6.92 Å². The number of hydrogen-bond acceptors (Lipinski definition) is 5. The first-order valence-electron chi connectivity index (χ1n) is 8.21. The lowest BCUT2D eigenvalue weighted by Gasteiger charge is -2.14. The summed E-state index contributed by atoms with van der Waals surface area (Å²) in [4.78, 5) is 23.9. The second-order valence-electron chi connectivity index (χ2n) is 6.15. The summed E-state index contributed by atoms with van der Waals surface area (Å²) in [5, 5.41) is 13.6. The molecule has 2 aromatic rings. The molecule has 0 radical (unpaired) electrons. The first-order chi connectivity index (χ1) is 12.0. The number of benzene rings is 1. The van der Waals surface area contributed by atoms with Crippen molar-refractivity contribution in [1.29, 1.82) is 0 Å². The van der Waals surface area contributed by atoms with Gasteiger partial charge >= 0.3 is 6.03 Å². The van der Waals surface area contributed by atoms with Crippen molar-refractivity contribution in [1.82, 2.24) is 25.4 Å². The normalized spacial score (nSPS) is 14.8. The fourth-order valence-corrected chi connectivity index (χ4v) is 3.29. The summed E-state index contributed by atoms with van der Waals surface area (Å²) in [6, 6.07) is 7.71. The van der Waals surface area contributed by atoms with Gasteiger partial charge in [0, 0.05) is 6.04 Å². The van der Waals surface area contributed by atoms with Crippen LogP contribution >= 0.6 is 11.8 Å². The smallest absolute Gasteiger partial charge is 0.321 e. The van der Waals surface area contributed by atoms with E-state index >= 15 is 0 Å². The van der Waals surface area contributed by atoms with Gasteiger partial charge in [0.1, 0.15) is 5.82 Å². The lowest BCUT2D eigenvalue weighted by molar-refractivity contribution is -0.119. The Balaban J connectivity index is 1.71. The van der Waals surface area contributed by atoms with Gasteiger partial charge in [-0.3, -0.25) is 14.7 Å². The summed E-state index contributed by atoms with van der Waals surface area (Å²) in [6.07, 6.45) is 1.95. The maximum atomic E-state index is 12.2. The van der Waals surface area contributed by atoms with Crippen molar-refractivity contribution < 1.29 is 9.59 Å². The van der Waals surface area contributed by atoms with Gasteiger partial charge in [0.2, 0.25) is 5.91 Å². The summed E-state index contributed by atoms with van der Waals surface area (Å²) in [7, 11) is 0. The summed E-state index contributed by atoms with van der Waals surface area (Å²) < 4.78 is 1.92. The van der Waals surface area contributed by atoms with Crippen LogP contribution in [0.2, 0.25) is 0 Å². The number of para-hydroxylation sites is 1. The minimum Gasteiger partial charge on any atom is -0.335 e.